The van der Waals surface area contributed by atoms with Gasteiger partial charge in [0.15, 0.2) is 0 Å². The van der Waals surface area contributed by atoms with Crippen LogP contribution in [0.15, 0.2) is 48.5 Å². The van der Waals surface area contributed by atoms with E-state index in [9.17, 15) is 4.79 Å². The first-order valence-corrected chi connectivity index (χ1v) is 7.62. The zero-order valence-electron chi connectivity index (χ0n) is 11.1. The van der Waals surface area contributed by atoms with E-state index in [0.717, 1.165) is 21.7 Å². The fourth-order valence-corrected chi connectivity index (χ4v) is 2.08. The summed E-state index contributed by atoms with van der Waals surface area (Å²) < 4.78 is 0. The lowest BCUT2D eigenvalue weighted by Gasteiger charge is -2.08. The van der Waals surface area contributed by atoms with Crippen molar-refractivity contribution >= 4 is 33.4 Å². The highest BCUT2D eigenvalue weighted by Crippen LogP contribution is 2.21. The first-order valence-electron chi connectivity index (χ1n) is 6.33. The molecule has 2 aromatic rings. The highest BCUT2D eigenvalue weighted by Gasteiger charge is 2.07. The van der Waals surface area contributed by atoms with Crippen LogP contribution in [0, 0.1) is 0 Å². The van der Waals surface area contributed by atoms with Gasteiger partial charge in [-0.25, -0.2) is 0 Å². The Hall–Kier alpha value is -1.32. The van der Waals surface area contributed by atoms with Crippen LogP contribution in [-0.4, -0.2) is 10.7 Å². The molecule has 0 radical (unpaired) electrons. The SMILES string of the molecule is CC(Br)C(=O)NCc1ccc(-c2ccc(Cl)cc2)cc1. The van der Waals surface area contributed by atoms with Crippen LogP contribution in [0.3, 0.4) is 0 Å². The van der Waals surface area contributed by atoms with Gasteiger partial charge in [0.25, 0.3) is 0 Å². The van der Waals surface area contributed by atoms with Crippen molar-refractivity contribution in [2.75, 3.05) is 0 Å². The summed E-state index contributed by atoms with van der Waals surface area (Å²) in [7, 11) is 0. The lowest BCUT2D eigenvalue weighted by atomic mass is 10.0. The second-order valence-electron chi connectivity index (χ2n) is 4.54. The van der Waals surface area contributed by atoms with Gasteiger partial charge in [0.2, 0.25) is 5.91 Å². The van der Waals surface area contributed by atoms with Crippen LogP contribution in [0.4, 0.5) is 0 Å². The van der Waals surface area contributed by atoms with Crippen molar-refractivity contribution in [2.24, 2.45) is 0 Å². The van der Waals surface area contributed by atoms with Crippen molar-refractivity contribution in [2.45, 2.75) is 18.3 Å². The Balaban J connectivity index is 2.03. The predicted molar refractivity (Wildman–Crippen MR) is 87.1 cm³/mol. The van der Waals surface area contributed by atoms with Crippen LogP contribution in [0.1, 0.15) is 12.5 Å². The van der Waals surface area contributed by atoms with Crippen molar-refractivity contribution in [1.29, 1.82) is 0 Å². The van der Waals surface area contributed by atoms with Gasteiger partial charge in [-0.3, -0.25) is 4.79 Å². The molecule has 0 bridgehead atoms. The molecule has 0 saturated heterocycles. The average Bonchev–Trinajstić information content (AvgIpc) is 2.46. The van der Waals surface area contributed by atoms with Gasteiger partial charge in [0.05, 0.1) is 4.83 Å². The third-order valence-electron chi connectivity index (χ3n) is 2.96. The third-order valence-corrected chi connectivity index (χ3v) is 3.63. The standard InChI is InChI=1S/C16H15BrClNO/c1-11(17)16(20)19-10-12-2-4-13(5-3-12)14-6-8-15(18)9-7-14/h2-9,11H,10H2,1H3,(H,19,20). The molecule has 2 aromatic carbocycles. The molecule has 0 aliphatic rings. The zero-order valence-corrected chi connectivity index (χ0v) is 13.4. The Morgan fingerprint density at radius 1 is 1.10 bits per heavy atom. The molecule has 2 nitrogen and oxygen atoms in total. The van der Waals surface area contributed by atoms with Crippen molar-refractivity contribution in [3.05, 3.63) is 59.1 Å². The fraction of sp³-hybridized carbons (Fsp3) is 0.188. The normalized spacial score (nSPS) is 11.9. The zero-order chi connectivity index (χ0) is 14.5. The number of nitrogens with one attached hydrogen (secondary N) is 1. The molecular weight excluding hydrogens is 338 g/mol. The summed E-state index contributed by atoms with van der Waals surface area (Å²) in [5.74, 6) is -0.00761. The van der Waals surface area contributed by atoms with Crippen LogP contribution in [0.25, 0.3) is 11.1 Å². The van der Waals surface area contributed by atoms with Gasteiger partial charge in [0, 0.05) is 11.6 Å². The molecule has 0 heterocycles. The Labute approximate surface area is 132 Å². The summed E-state index contributed by atoms with van der Waals surface area (Å²) in [6.45, 7) is 2.34. The molecule has 0 spiro atoms. The molecule has 1 N–H and O–H groups in total. The van der Waals surface area contributed by atoms with Gasteiger partial charge in [-0.1, -0.05) is 63.9 Å². The number of hydrogen-bond acceptors (Lipinski definition) is 1. The van der Waals surface area contributed by atoms with Gasteiger partial charge in [0.1, 0.15) is 0 Å². The lowest BCUT2D eigenvalue weighted by Crippen LogP contribution is -2.28. The van der Waals surface area contributed by atoms with Gasteiger partial charge in [-0.05, 0) is 35.7 Å². The number of halogens is 2. The first-order chi connectivity index (χ1) is 9.56. The van der Waals surface area contributed by atoms with Crippen LogP contribution in [-0.2, 0) is 11.3 Å². The second-order valence-corrected chi connectivity index (χ2v) is 6.35. The molecule has 0 aliphatic heterocycles. The highest BCUT2D eigenvalue weighted by atomic mass is 79.9. The van der Waals surface area contributed by atoms with Crippen LogP contribution >= 0.6 is 27.5 Å². The molecule has 0 saturated carbocycles. The molecule has 0 fully saturated rings. The van der Waals surface area contributed by atoms with Crippen LogP contribution < -0.4 is 5.32 Å². The van der Waals surface area contributed by atoms with Crippen molar-refractivity contribution in [3.63, 3.8) is 0 Å². The summed E-state index contributed by atoms with van der Waals surface area (Å²) in [6.07, 6.45) is 0. The summed E-state index contributed by atoms with van der Waals surface area (Å²) in [5, 5.41) is 3.60. The summed E-state index contributed by atoms with van der Waals surface area (Å²) in [5.41, 5.74) is 3.33. The van der Waals surface area contributed by atoms with E-state index in [1.165, 1.54) is 0 Å². The molecule has 4 heteroatoms. The monoisotopic (exact) mass is 351 g/mol. The maximum Gasteiger partial charge on any atom is 0.233 e. The summed E-state index contributed by atoms with van der Waals surface area (Å²) >= 11 is 9.12. The molecule has 20 heavy (non-hydrogen) atoms. The maximum absolute atomic E-state index is 11.5. The van der Waals surface area contributed by atoms with E-state index in [1.807, 2.05) is 48.5 Å². The number of rotatable bonds is 4. The minimum Gasteiger partial charge on any atom is -0.351 e. The van der Waals surface area contributed by atoms with E-state index >= 15 is 0 Å². The number of amides is 1. The highest BCUT2D eigenvalue weighted by molar-refractivity contribution is 9.10. The number of benzene rings is 2. The van der Waals surface area contributed by atoms with Crippen LogP contribution in [0.5, 0.6) is 0 Å². The molecule has 2 rings (SSSR count). The molecule has 0 aliphatic carbocycles. The maximum atomic E-state index is 11.5. The number of hydrogen-bond donors (Lipinski definition) is 1. The second kappa shape index (κ2) is 6.91. The topological polar surface area (TPSA) is 29.1 Å². The predicted octanol–water partition coefficient (Wildman–Crippen LogP) is 4.41. The summed E-state index contributed by atoms with van der Waals surface area (Å²) in [4.78, 5) is 11.3. The Morgan fingerprint density at radius 3 is 2.10 bits per heavy atom. The smallest absolute Gasteiger partial charge is 0.233 e. The summed E-state index contributed by atoms with van der Waals surface area (Å²) in [6, 6.07) is 15.9. The van der Waals surface area contributed by atoms with Gasteiger partial charge < -0.3 is 5.32 Å². The number of carbonyl (C=O) groups excluding carboxylic acids is 1. The Morgan fingerprint density at radius 2 is 1.60 bits per heavy atom. The van der Waals surface area contributed by atoms with E-state index in [0.29, 0.717) is 6.54 Å². The van der Waals surface area contributed by atoms with Crippen LogP contribution in [0.2, 0.25) is 5.02 Å². The largest absolute Gasteiger partial charge is 0.351 e. The third kappa shape index (κ3) is 4.09. The minimum absolute atomic E-state index is 0.00761. The van der Waals surface area contributed by atoms with E-state index in [-0.39, 0.29) is 10.7 Å². The Bertz CT molecular complexity index is 578. The van der Waals surface area contributed by atoms with Gasteiger partial charge in [-0.2, -0.15) is 0 Å². The lowest BCUT2D eigenvalue weighted by molar-refractivity contribution is -0.120. The molecule has 0 aromatic heterocycles. The average molecular weight is 353 g/mol. The van der Waals surface area contributed by atoms with E-state index in [1.54, 1.807) is 6.92 Å². The number of carbonyl (C=O) groups is 1. The van der Waals surface area contributed by atoms with E-state index in [4.69, 9.17) is 11.6 Å². The molecule has 1 atom stereocenters. The molecule has 104 valence electrons. The molecular formula is C16H15BrClNO. The quantitative estimate of drug-likeness (QED) is 0.812. The number of alkyl halides is 1. The molecule has 1 unspecified atom stereocenters. The van der Waals surface area contributed by atoms with E-state index < -0.39 is 0 Å². The van der Waals surface area contributed by atoms with E-state index in [2.05, 4.69) is 21.2 Å². The van der Waals surface area contributed by atoms with Crippen molar-refractivity contribution in [1.82, 2.24) is 5.32 Å². The minimum atomic E-state index is -0.171. The molecule has 1 amide bonds. The van der Waals surface area contributed by atoms with Crippen molar-refractivity contribution in [3.8, 4) is 11.1 Å². The van der Waals surface area contributed by atoms with Crippen molar-refractivity contribution < 1.29 is 4.79 Å². The Kier molecular flexibility index (Phi) is 5.21. The van der Waals surface area contributed by atoms with Gasteiger partial charge in [-0.15, -0.1) is 0 Å². The van der Waals surface area contributed by atoms with Gasteiger partial charge >= 0.3 is 0 Å². The first kappa shape index (κ1) is 15.1. The fourth-order valence-electron chi connectivity index (χ4n) is 1.79.